The second-order valence-corrected chi connectivity index (χ2v) is 6.87. The van der Waals surface area contributed by atoms with Gasteiger partial charge in [0.2, 0.25) is 0 Å². The number of aliphatic imine (C=N–C) groups is 1. The van der Waals surface area contributed by atoms with Crippen molar-refractivity contribution < 1.29 is 4.39 Å². The fraction of sp³-hybridized carbons (Fsp3) is 0.500. The second kappa shape index (κ2) is 8.41. The van der Waals surface area contributed by atoms with Gasteiger partial charge in [-0.2, -0.15) is 5.10 Å². The highest BCUT2D eigenvalue weighted by Gasteiger charge is 2.21. The largest absolute Gasteiger partial charge is 0.366 e. The fourth-order valence-electron chi connectivity index (χ4n) is 3.49. The molecule has 0 spiro atoms. The van der Waals surface area contributed by atoms with Gasteiger partial charge in [-0.05, 0) is 32.9 Å². The Morgan fingerprint density at radius 2 is 1.89 bits per heavy atom. The summed E-state index contributed by atoms with van der Waals surface area (Å²) in [6, 6.07) is 6.98. The van der Waals surface area contributed by atoms with Crippen molar-refractivity contribution in [1.82, 2.24) is 20.0 Å². The number of aryl methyl sites for hydroxylation is 2. The topological polar surface area (TPSA) is 48.7 Å². The molecule has 0 aliphatic carbocycles. The van der Waals surface area contributed by atoms with Crippen LogP contribution in [0.2, 0.25) is 0 Å². The first-order valence-electron chi connectivity index (χ1n) is 9.53. The maximum Gasteiger partial charge on any atom is 0.194 e. The summed E-state index contributed by atoms with van der Waals surface area (Å²) in [4.78, 5) is 9.20. The van der Waals surface area contributed by atoms with Gasteiger partial charge in [0.15, 0.2) is 5.96 Å². The summed E-state index contributed by atoms with van der Waals surface area (Å²) in [5, 5.41) is 7.86. The van der Waals surface area contributed by atoms with E-state index >= 15 is 0 Å². The van der Waals surface area contributed by atoms with Crippen LogP contribution in [0.3, 0.4) is 0 Å². The molecule has 1 aliphatic heterocycles. The molecule has 146 valence electrons. The molecule has 1 aliphatic rings. The molecule has 1 fully saturated rings. The molecule has 1 saturated heterocycles. The summed E-state index contributed by atoms with van der Waals surface area (Å²) >= 11 is 0. The minimum absolute atomic E-state index is 0.158. The Balaban J connectivity index is 1.68. The lowest BCUT2D eigenvalue weighted by Gasteiger charge is -2.37. The van der Waals surface area contributed by atoms with E-state index in [0.29, 0.717) is 12.2 Å². The number of halogens is 1. The number of nitrogens with zero attached hydrogens (tertiary/aromatic N) is 5. The van der Waals surface area contributed by atoms with E-state index in [1.54, 1.807) is 6.07 Å². The van der Waals surface area contributed by atoms with Crippen molar-refractivity contribution in [2.75, 3.05) is 37.6 Å². The van der Waals surface area contributed by atoms with E-state index in [2.05, 4.69) is 34.1 Å². The van der Waals surface area contributed by atoms with Crippen LogP contribution in [-0.2, 0) is 13.6 Å². The van der Waals surface area contributed by atoms with E-state index < -0.39 is 0 Å². The minimum Gasteiger partial charge on any atom is -0.366 e. The highest BCUT2D eigenvalue weighted by molar-refractivity contribution is 5.80. The van der Waals surface area contributed by atoms with Gasteiger partial charge in [-0.1, -0.05) is 12.1 Å². The lowest BCUT2D eigenvalue weighted by Crippen LogP contribution is -2.52. The summed E-state index contributed by atoms with van der Waals surface area (Å²) < 4.78 is 15.9. The van der Waals surface area contributed by atoms with Gasteiger partial charge in [0.1, 0.15) is 5.82 Å². The van der Waals surface area contributed by atoms with E-state index in [-0.39, 0.29) is 5.82 Å². The monoisotopic (exact) mass is 372 g/mol. The summed E-state index contributed by atoms with van der Waals surface area (Å²) in [5.74, 6) is 0.752. The molecule has 27 heavy (non-hydrogen) atoms. The van der Waals surface area contributed by atoms with Crippen molar-refractivity contribution in [3.63, 3.8) is 0 Å². The number of guanidine groups is 1. The molecule has 0 radical (unpaired) electrons. The Morgan fingerprint density at radius 3 is 2.48 bits per heavy atom. The average Bonchev–Trinajstić information content (AvgIpc) is 2.91. The number of para-hydroxylation sites is 1. The Morgan fingerprint density at radius 1 is 1.19 bits per heavy atom. The highest BCUT2D eigenvalue weighted by atomic mass is 19.1. The molecule has 6 nitrogen and oxygen atoms in total. The lowest BCUT2D eigenvalue weighted by atomic mass is 10.2. The van der Waals surface area contributed by atoms with E-state index in [4.69, 9.17) is 4.99 Å². The molecule has 1 aromatic heterocycles. The summed E-state index contributed by atoms with van der Waals surface area (Å²) in [6.45, 7) is 10.8. The molecule has 2 aromatic rings. The maximum absolute atomic E-state index is 14.0. The first-order valence-corrected chi connectivity index (χ1v) is 9.53. The number of anilines is 1. The van der Waals surface area contributed by atoms with Gasteiger partial charge in [-0.25, -0.2) is 9.38 Å². The maximum atomic E-state index is 14.0. The van der Waals surface area contributed by atoms with Crippen LogP contribution >= 0.6 is 0 Å². The van der Waals surface area contributed by atoms with E-state index in [1.807, 2.05) is 30.8 Å². The third-order valence-corrected chi connectivity index (χ3v) is 5.15. The zero-order valence-corrected chi connectivity index (χ0v) is 16.7. The summed E-state index contributed by atoms with van der Waals surface area (Å²) in [5.41, 5.74) is 4.04. The quantitative estimate of drug-likeness (QED) is 0.662. The molecule has 1 aromatic carbocycles. The van der Waals surface area contributed by atoms with Crippen LogP contribution in [0.5, 0.6) is 0 Å². The predicted octanol–water partition coefficient (Wildman–Crippen LogP) is 2.46. The number of rotatable bonds is 4. The molecule has 0 amide bonds. The van der Waals surface area contributed by atoms with Gasteiger partial charge < -0.3 is 15.1 Å². The highest BCUT2D eigenvalue weighted by Crippen LogP contribution is 2.20. The van der Waals surface area contributed by atoms with Crippen molar-refractivity contribution in [3.05, 3.63) is 47.0 Å². The number of hydrogen-bond donors (Lipinski definition) is 1. The molecule has 0 saturated carbocycles. The first kappa shape index (κ1) is 19.2. The third kappa shape index (κ3) is 4.23. The van der Waals surface area contributed by atoms with Crippen molar-refractivity contribution in [1.29, 1.82) is 0 Å². The van der Waals surface area contributed by atoms with Gasteiger partial charge in [-0.3, -0.25) is 4.68 Å². The van der Waals surface area contributed by atoms with Crippen LogP contribution in [-0.4, -0.2) is 53.4 Å². The summed E-state index contributed by atoms with van der Waals surface area (Å²) in [6.07, 6.45) is 0. The van der Waals surface area contributed by atoms with E-state index in [9.17, 15) is 4.39 Å². The smallest absolute Gasteiger partial charge is 0.194 e. The van der Waals surface area contributed by atoms with Crippen molar-refractivity contribution in [2.45, 2.75) is 27.3 Å². The normalized spacial score (nSPS) is 15.4. The van der Waals surface area contributed by atoms with Gasteiger partial charge in [0, 0.05) is 51.0 Å². The molecule has 3 rings (SSSR count). The molecule has 2 heterocycles. The minimum atomic E-state index is -0.158. The van der Waals surface area contributed by atoms with Gasteiger partial charge in [-0.15, -0.1) is 0 Å². The number of nitrogens with one attached hydrogen (secondary N) is 1. The molecular formula is C20H29FN6. The van der Waals surface area contributed by atoms with Crippen LogP contribution < -0.4 is 10.2 Å². The molecular weight excluding hydrogens is 343 g/mol. The number of piperazine rings is 1. The molecule has 1 N–H and O–H groups in total. The summed E-state index contributed by atoms with van der Waals surface area (Å²) in [7, 11) is 1.96. The molecule has 0 atom stereocenters. The molecule has 0 unspecified atom stereocenters. The van der Waals surface area contributed by atoms with Crippen LogP contribution in [0.25, 0.3) is 0 Å². The van der Waals surface area contributed by atoms with Crippen LogP contribution in [0.4, 0.5) is 10.1 Å². The van der Waals surface area contributed by atoms with Crippen molar-refractivity contribution >= 4 is 11.6 Å². The first-order chi connectivity index (χ1) is 13.0. The Labute approximate surface area is 160 Å². The average molecular weight is 372 g/mol. The Hall–Kier alpha value is -2.57. The second-order valence-electron chi connectivity index (χ2n) is 6.87. The van der Waals surface area contributed by atoms with Crippen LogP contribution in [0, 0.1) is 19.7 Å². The number of benzene rings is 1. The Bertz CT molecular complexity index is 805. The van der Waals surface area contributed by atoms with Gasteiger partial charge in [0.25, 0.3) is 0 Å². The lowest BCUT2D eigenvalue weighted by molar-refractivity contribution is 0.370. The zero-order valence-electron chi connectivity index (χ0n) is 16.7. The predicted molar refractivity (Wildman–Crippen MR) is 108 cm³/mol. The Kier molecular flexibility index (Phi) is 5.98. The van der Waals surface area contributed by atoms with Crippen LogP contribution in [0.1, 0.15) is 23.9 Å². The van der Waals surface area contributed by atoms with Crippen molar-refractivity contribution in [2.24, 2.45) is 12.0 Å². The standard InChI is InChI=1S/C20H29FN6/c1-5-22-20(23-14-17-15(2)24-25(4)16(17)3)27-12-10-26(11-13-27)19-9-7-6-8-18(19)21/h6-9H,5,10-14H2,1-4H3,(H,22,23). The molecule has 0 bridgehead atoms. The SMILES string of the molecule is CCNC(=NCc1c(C)nn(C)c1C)N1CCN(c2ccccc2F)CC1. The molecule has 7 heteroatoms. The van der Waals surface area contributed by atoms with Crippen molar-refractivity contribution in [3.8, 4) is 0 Å². The number of hydrogen-bond acceptors (Lipinski definition) is 3. The van der Waals surface area contributed by atoms with E-state index in [0.717, 1.165) is 50.1 Å². The number of aromatic nitrogens is 2. The van der Waals surface area contributed by atoms with Gasteiger partial charge in [0.05, 0.1) is 17.9 Å². The van der Waals surface area contributed by atoms with E-state index in [1.165, 1.54) is 11.6 Å². The van der Waals surface area contributed by atoms with Gasteiger partial charge >= 0.3 is 0 Å². The zero-order chi connectivity index (χ0) is 19.4. The van der Waals surface area contributed by atoms with Crippen LogP contribution in [0.15, 0.2) is 29.3 Å². The third-order valence-electron chi connectivity index (χ3n) is 5.15. The fourth-order valence-corrected chi connectivity index (χ4v) is 3.49.